The van der Waals surface area contributed by atoms with Gasteiger partial charge in [-0.05, 0) is 19.4 Å². The van der Waals surface area contributed by atoms with Crippen LogP contribution in [0.1, 0.15) is 26.7 Å². The van der Waals surface area contributed by atoms with Crippen LogP contribution in [0.15, 0.2) is 29.2 Å². The second-order valence-electron chi connectivity index (χ2n) is 4.80. The lowest BCUT2D eigenvalue weighted by Crippen LogP contribution is -2.40. The first kappa shape index (κ1) is 16.5. The van der Waals surface area contributed by atoms with Gasteiger partial charge in [-0.15, -0.1) is 0 Å². The van der Waals surface area contributed by atoms with Gasteiger partial charge in [-0.1, -0.05) is 25.5 Å². The molecule has 0 spiro atoms. The van der Waals surface area contributed by atoms with Gasteiger partial charge in [0, 0.05) is 12.6 Å². The van der Waals surface area contributed by atoms with Crippen LogP contribution < -0.4 is 4.72 Å². The van der Waals surface area contributed by atoms with Crippen LogP contribution in [0.2, 0.25) is 0 Å². The van der Waals surface area contributed by atoms with Gasteiger partial charge in [0.25, 0.3) is 5.69 Å². The normalized spacial score (nSPS) is 14.8. The maximum atomic E-state index is 12.1. The number of rotatable bonds is 7. The molecule has 0 saturated carbocycles. The number of para-hydroxylation sites is 1. The van der Waals surface area contributed by atoms with Crippen molar-refractivity contribution >= 4 is 15.7 Å². The van der Waals surface area contributed by atoms with Gasteiger partial charge in [0.05, 0.1) is 10.5 Å². The summed E-state index contributed by atoms with van der Waals surface area (Å²) >= 11 is 0. The smallest absolute Gasteiger partial charge is 0.289 e. The first-order valence-electron chi connectivity index (χ1n) is 6.15. The second-order valence-corrected chi connectivity index (χ2v) is 6.53. The molecule has 112 valence electrons. The van der Waals surface area contributed by atoms with Gasteiger partial charge >= 0.3 is 0 Å². The number of aliphatic hydroxyl groups is 1. The van der Waals surface area contributed by atoms with E-state index >= 15 is 0 Å². The van der Waals surface area contributed by atoms with E-state index in [1.54, 1.807) is 0 Å². The summed E-state index contributed by atoms with van der Waals surface area (Å²) in [5.41, 5.74) is -1.68. The zero-order valence-electron chi connectivity index (χ0n) is 11.4. The van der Waals surface area contributed by atoms with E-state index in [1.165, 1.54) is 19.1 Å². The summed E-state index contributed by atoms with van der Waals surface area (Å²) in [4.78, 5) is 9.68. The molecule has 0 aliphatic carbocycles. The molecule has 0 aromatic heterocycles. The number of sulfonamides is 1. The molecule has 0 saturated heterocycles. The summed E-state index contributed by atoms with van der Waals surface area (Å²) in [6, 6.07) is 5.09. The Hall–Kier alpha value is -1.51. The molecular weight excluding hydrogens is 284 g/mol. The van der Waals surface area contributed by atoms with E-state index < -0.39 is 31.1 Å². The summed E-state index contributed by atoms with van der Waals surface area (Å²) in [6.07, 6.45) is 1.12. The molecule has 1 aromatic carbocycles. The fraction of sp³-hybridized carbons (Fsp3) is 0.500. The van der Waals surface area contributed by atoms with Crippen molar-refractivity contribution < 1.29 is 18.4 Å². The maximum absolute atomic E-state index is 12.1. The Bertz CT molecular complexity index is 583. The Kier molecular flexibility index (Phi) is 5.21. The van der Waals surface area contributed by atoms with E-state index in [0.717, 1.165) is 12.1 Å². The molecule has 1 atom stereocenters. The number of nitrogens with zero attached hydrogens (tertiary/aromatic N) is 1. The van der Waals surface area contributed by atoms with Crippen LogP contribution in [0.4, 0.5) is 5.69 Å². The zero-order valence-corrected chi connectivity index (χ0v) is 12.2. The molecule has 1 rings (SSSR count). The van der Waals surface area contributed by atoms with Crippen LogP contribution >= 0.6 is 0 Å². The van der Waals surface area contributed by atoms with Gasteiger partial charge in [0.15, 0.2) is 4.90 Å². The predicted octanol–water partition coefficient (Wildman–Crippen LogP) is 1.42. The zero-order chi connectivity index (χ0) is 15.4. The van der Waals surface area contributed by atoms with E-state index in [2.05, 4.69) is 4.72 Å². The van der Waals surface area contributed by atoms with Crippen molar-refractivity contribution in [3.63, 3.8) is 0 Å². The number of nitro benzene ring substituents is 1. The molecule has 7 nitrogen and oxygen atoms in total. The Balaban J connectivity index is 2.98. The lowest BCUT2D eigenvalue weighted by Gasteiger charge is -2.22. The summed E-state index contributed by atoms with van der Waals surface area (Å²) in [6.45, 7) is 3.18. The van der Waals surface area contributed by atoms with Gasteiger partial charge < -0.3 is 5.11 Å². The van der Waals surface area contributed by atoms with Crippen molar-refractivity contribution in [3.8, 4) is 0 Å². The molecule has 20 heavy (non-hydrogen) atoms. The van der Waals surface area contributed by atoms with E-state index in [1.807, 2.05) is 6.92 Å². The minimum atomic E-state index is -4.04. The van der Waals surface area contributed by atoms with Crippen molar-refractivity contribution in [1.29, 1.82) is 0 Å². The molecule has 0 radical (unpaired) electrons. The molecule has 0 aliphatic heterocycles. The average Bonchev–Trinajstić information content (AvgIpc) is 2.37. The van der Waals surface area contributed by atoms with Crippen LogP contribution in [0.25, 0.3) is 0 Å². The molecule has 1 aromatic rings. The molecule has 1 unspecified atom stereocenters. The fourth-order valence-corrected chi connectivity index (χ4v) is 3.12. The van der Waals surface area contributed by atoms with Crippen LogP contribution in [0.5, 0.6) is 0 Å². The molecule has 0 bridgehead atoms. The van der Waals surface area contributed by atoms with Crippen molar-refractivity contribution in [1.82, 2.24) is 4.72 Å². The quantitative estimate of drug-likeness (QED) is 0.585. The topological polar surface area (TPSA) is 110 Å². The Morgan fingerprint density at radius 3 is 2.55 bits per heavy atom. The Morgan fingerprint density at radius 2 is 2.00 bits per heavy atom. The van der Waals surface area contributed by atoms with Crippen LogP contribution in [0, 0.1) is 10.1 Å². The summed E-state index contributed by atoms with van der Waals surface area (Å²) in [5, 5.41) is 20.8. The third-order valence-corrected chi connectivity index (χ3v) is 4.23. The van der Waals surface area contributed by atoms with Crippen LogP contribution in [-0.2, 0) is 10.0 Å². The Labute approximate surface area is 117 Å². The number of hydrogen-bond acceptors (Lipinski definition) is 5. The van der Waals surface area contributed by atoms with E-state index in [9.17, 15) is 23.6 Å². The third kappa shape index (κ3) is 4.26. The summed E-state index contributed by atoms with van der Waals surface area (Å²) in [7, 11) is -4.04. The lowest BCUT2D eigenvalue weighted by molar-refractivity contribution is -0.387. The van der Waals surface area contributed by atoms with Gasteiger partial charge in [0.2, 0.25) is 10.0 Å². The first-order chi connectivity index (χ1) is 9.19. The highest BCUT2D eigenvalue weighted by Crippen LogP contribution is 2.23. The van der Waals surface area contributed by atoms with Crippen LogP contribution in [0.3, 0.4) is 0 Å². The largest absolute Gasteiger partial charge is 0.389 e. The molecular formula is C12H18N2O5S. The minimum absolute atomic E-state index is 0.199. The fourth-order valence-electron chi connectivity index (χ4n) is 1.79. The minimum Gasteiger partial charge on any atom is -0.389 e. The number of hydrogen-bond donors (Lipinski definition) is 2. The van der Waals surface area contributed by atoms with Crippen molar-refractivity contribution in [2.24, 2.45) is 0 Å². The number of benzene rings is 1. The SMILES string of the molecule is CCCC(C)(O)CNS(=O)(=O)c1ccccc1[N+](=O)[O-]. The van der Waals surface area contributed by atoms with E-state index in [-0.39, 0.29) is 6.54 Å². The highest BCUT2D eigenvalue weighted by Gasteiger charge is 2.28. The summed E-state index contributed by atoms with van der Waals surface area (Å²) < 4.78 is 26.4. The van der Waals surface area contributed by atoms with Gasteiger partial charge in [0.1, 0.15) is 0 Å². The van der Waals surface area contributed by atoms with Crippen LogP contribution in [-0.4, -0.2) is 30.6 Å². The first-order valence-corrected chi connectivity index (χ1v) is 7.63. The van der Waals surface area contributed by atoms with Crippen molar-refractivity contribution in [2.75, 3.05) is 6.54 Å². The average molecular weight is 302 g/mol. The third-order valence-electron chi connectivity index (χ3n) is 2.78. The highest BCUT2D eigenvalue weighted by molar-refractivity contribution is 7.89. The maximum Gasteiger partial charge on any atom is 0.289 e. The highest BCUT2D eigenvalue weighted by atomic mass is 32.2. The molecule has 0 aliphatic rings. The second kappa shape index (κ2) is 6.29. The standard InChI is InChI=1S/C12H18N2O5S/c1-3-8-12(2,15)9-13-20(18,19)11-7-5-4-6-10(11)14(16)17/h4-7,13,15H,3,8-9H2,1-2H3. The van der Waals surface area contributed by atoms with Crippen molar-refractivity contribution in [2.45, 2.75) is 37.2 Å². The monoisotopic (exact) mass is 302 g/mol. The van der Waals surface area contributed by atoms with Gasteiger partial charge in [-0.3, -0.25) is 10.1 Å². The van der Waals surface area contributed by atoms with Gasteiger partial charge in [-0.2, -0.15) is 0 Å². The van der Waals surface area contributed by atoms with E-state index in [0.29, 0.717) is 12.8 Å². The molecule has 2 N–H and O–H groups in total. The molecule has 0 fully saturated rings. The van der Waals surface area contributed by atoms with Crippen molar-refractivity contribution in [3.05, 3.63) is 34.4 Å². The van der Waals surface area contributed by atoms with E-state index in [4.69, 9.17) is 0 Å². The van der Waals surface area contributed by atoms with Gasteiger partial charge in [-0.25, -0.2) is 13.1 Å². The number of nitro groups is 1. The molecule has 0 amide bonds. The lowest BCUT2D eigenvalue weighted by atomic mass is 10.0. The molecule has 0 heterocycles. The predicted molar refractivity (Wildman–Crippen MR) is 73.8 cm³/mol. The summed E-state index contributed by atoms with van der Waals surface area (Å²) in [5.74, 6) is 0. The number of nitrogens with one attached hydrogen (secondary N) is 1. The molecule has 8 heteroatoms. The Morgan fingerprint density at radius 1 is 1.40 bits per heavy atom.